The monoisotopic (exact) mass is 899 g/mol. The fraction of sp³-hybridized carbons (Fsp3) is 0.815. The number of rotatable bonds is 49. The van der Waals surface area contributed by atoms with E-state index in [2.05, 4.69) is 82.9 Å². The molecule has 10 nitrogen and oxygen atoms in total. The minimum Gasteiger partial charge on any atom is -0.341 e. The number of nitrogens with one attached hydrogen (secondary N) is 2. The predicted molar refractivity (Wildman–Crippen MR) is 280 cm³/mol. The van der Waals surface area contributed by atoms with Crippen molar-refractivity contribution in [3.05, 3.63) is 48.6 Å². The van der Waals surface area contributed by atoms with Gasteiger partial charge in [-0.25, -0.2) is 4.79 Å². The van der Waals surface area contributed by atoms with Gasteiger partial charge in [0.05, 0.1) is 6.54 Å². The molecule has 0 fully saturated rings. The zero-order valence-corrected chi connectivity index (χ0v) is 42.2. The minimum absolute atomic E-state index is 0.0280. The first-order valence-electron chi connectivity index (χ1n) is 27.0. The number of carbonyl (C=O) groups excluding carboxylic acids is 2. The van der Waals surface area contributed by atoms with E-state index in [0.717, 1.165) is 123 Å². The van der Waals surface area contributed by atoms with Gasteiger partial charge >= 0.3 is 6.03 Å². The number of carbonyl (C=O) groups is 2. The van der Waals surface area contributed by atoms with Crippen LogP contribution in [0.1, 0.15) is 200 Å². The Kier molecular flexibility index (Phi) is 49.5. The normalized spacial score (nSPS) is 12.1. The average molecular weight is 899 g/mol. The van der Waals surface area contributed by atoms with Gasteiger partial charge in [-0.3, -0.25) is 4.79 Å². The van der Waals surface area contributed by atoms with Crippen LogP contribution in [0.15, 0.2) is 48.6 Å². The van der Waals surface area contributed by atoms with Crippen molar-refractivity contribution in [2.75, 3.05) is 85.1 Å². The number of hydrogen-bond donors (Lipinski definition) is 5. The van der Waals surface area contributed by atoms with E-state index in [0.29, 0.717) is 26.2 Å². The molecule has 0 spiro atoms. The van der Waals surface area contributed by atoms with Crippen molar-refractivity contribution in [2.24, 2.45) is 17.2 Å². The molecule has 0 heterocycles. The summed E-state index contributed by atoms with van der Waals surface area (Å²) in [4.78, 5) is 33.2. The predicted octanol–water partition coefficient (Wildman–Crippen LogP) is 11.2. The van der Waals surface area contributed by atoms with Gasteiger partial charge in [0.15, 0.2) is 0 Å². The van der Waals surface area contributed by atoms with Crippen molar-refractivity contribution in [1.29, 1.82) is 0 Å². The number of hydrogen-bond acceptors (Lipinski definition) is 7. The van der Waals surface area contributed by atoms with Crippen LogP contribution in [0.25, 0.3) is 0 Å². The second-order valence-corrected chi connectivity index (χ2v) is 18.0. The Morgan fingerprint density at radius 2 is 0.750 bits per heavy atom. The van der Waals surface area contributed by atoms with E-state index in [4.69, 9.17) is 17.2 Å². The summed E-state index contributed by atoms with van der Waals surface area (Å²) in [6.45, 7) is 14.7. The summed E-state index contributed by atoms with van der Waals surface area (Å²) < 4.78 is 0. The average Bonchev–Trinajstić information content (AvgIpc) is 3.30. The summed E-state index contributed by atoms with van der Waals surface area (Å²) in [6.07, 6.45) is 52.5. The van der Waals surface area contributed by atoms with Crippen LogP contribution in [0.2, 0.25) is 0 Å². The lowest BCUT2D eigenvalue weighted by Gasteiger charge is -2.26. The van der Waals surface area contributed by atoms with Gasteiger partial charge in [-0.05, 0) is 168 Å². The molecule has 0 aliphatic carbocycles. The summed E-state index contributed by atoms with van der Waals surface area (Å²) >= 11 is 0. The van der Waals surface area contributed by atoms with Crippen molar-refractivity contribution < 1.29 is 9.59 Å². The smallest absolute Gasteiger partial charge is 0.315 e. The van der Waals surface area contributed by atoms with Crippen molar-refractivity contribution >= 4 is 11.9 Å². The van der Waals surface area contributed by atoms with Crippen LogP contribution in [0.4, 0.5) is 4.79 Å². The third-order valence-electron chi connectivity index (χ3n) is 11.9. The van der Waals surface area contributed by atoms with Crippen LogP contribution in [-0.2, 0) is 4.79 Å². The first-order chi connectivity index (χ1) is 31.5. The van der Waals surface area contributed by atoms with Crippen molar-refractivity contribution in [1.82, 2.24) is 25.3 Å². The lowest BCUT2D eigenvalue weighted by atomic mass is 10.1. The van der Waals surface area contributed by atoms with E-state index in [-0.39, 0.29) is 18.5 Å². The van der Waals surface area contributed by atoms with E-state index < -0.39 is 0 Å². The Labute approximate surface area is 396 Å². The molecule has 0 atom stereocenters. The van der Waals surface area contributed by atoms with E-state index in [1.54, 1.807) is 0 Å². The van der Waals surface area contributed by atoms with Gasteiger partial charge in [0, 0.05) is 19.6 Å². The Hall–Kier alpha value is -2.50. The highest BCUT2D eigenvalue weighted by Gasteiger charge is 2.15. The molecule has 8 N–H and O–H groups in total. The number of unbranched alkanes of at least 4 members (excludes halogenated alkanes) is 18. The summed E-state index contributed by atoms with van der Waals surface area (Å²) in [5.74, 6) is 0.0280. The summed E-state index contributed by atoms with van der Waals surface area (Å²) in [5, 5.41) is 5.86. The lowest BCUT2D eigenvalue weighted by molar-refractivity contribution is -0.130. The van der Waals surface area contributed by atoms with Crippen LogP contribution in [0.3, 0.4) is 0 Å². The fourth-order valence-electron chi connectivity index (χ4n) is 7.91. The summed E-state index contributed by atoms with van der Waals surface area (Å²) in [5.41, 5.74) is 17.4. The Morgan fingerprint density at radius 1 is 0.391 bits per heavy atom. The van der Waals surface area contributed by atoms with Crippen LogP contribution >= 0.6 is 0 Å². The van der Waals surface area contributed by atoms with Gasteiger partial charge in [-0.15, -0.1) is 0 Å². The highest BCUT2D eigenvalue weighted by molar-refractivity contribution is 5.83. The molecule has 0 aromatic heterocycles. The van der Waals surface area contributed by atoms with Gasteiger partial charge in [-0.1, -0.05) is 140 Å². The number of urea groups is 1. The number of nitrogens with two attached hydrogens (primary N) is 3. The zero-order chi connectivity index (χ0) is 46.7. The topological polar surface area (TPSA) is 146 Å². The van der Waals surface area contributed by atoms with E-state index in [9.17, 15) is 9.59 Å². The molecule has 10 heteroatoms. The zero-order valence-electron chi connectivity index (χ0n) is 42.2. The first kappa shape index (κ1) is 61.5. The van der Waals surface area contributed by atoms with E-state index in [1.807, 2.05) is 4.90 Å². The van der Waals surface area contributed by atoms with Gasteiger partial charge < -0.3 is 42.5 Å². The third kappa shape index (κ3) is 44.7. The van der Waals surface area contributed by atoms with Crippen molar-refractivity contribution in [3.8, 4) is 0 Å². The summed E-state index contributed by atoms with van der Waals surface area (Å²) in [6, 6.07) is -0.264. The number of nitrogens with zero attached hydrogens (tertiary/aromatic N) is 3. The number of allylic oxidation sites excluding steroid dienone is 8. The standard InChI is InChI=1S/C54H106N8O2/c1-3-5-7-9-11-13-15-17-19-21-23-25-27-29-31-33-50-62(51-34-32-30-28-26-24-22-20-18-16-14-12-10-8-6-4-2)53(63)52-59-54(64)58-43-38-47-61(46-37-42-57)49-39-48-60(44-35-40-55)45-36-41-56/h11-14,17-20H,3-10,15-16,21-52,55-57H2,1-2H3,(H2,58,59,64)/b13-11-,14-12-,19-17-,20-18-. The second kappa shape index (κ2) is 51.5. The Bertz CT molecular complexity index is 1060. The fourth-order valence-corrected chi connectivity index (χ4v) is 7.91. The van der Waals surface area contributed by atoms with Crippen LogP contribution in [-0.4, -0.2) is 112 Å². The molecular weight excluding hydrogens is 793 g/mol. The van der Waals surface area contributed by atoms with Crippen LogP contribution in [0, 0.1) is 0 Å². The molecule has 0 saturated heterocycles. The second-order valence-electron chi connectivity index (χ2n) is 18.0. The molecule has 0 bridgehead atoms. The van der Waals surface area contributed by atoms with Crippen molar-refractivity contribution in [3.63, 3.8) is 0 Å². The molecule has 0 unspecified atom stereocenters. The largest absolute Gasteiger partial charge is 0.341 e. The van der Waals surface area contributed by atoms with Gasteiger partial charge in [0.25, 0.3) is 0 Å². The van der Waals surface area contributed by atoms with E-state index >= 15 is 0 Å². The maximum absolute atomic E-state index is 13.4. The molecule has 0 saturated carbocycles. The molecule has 64 heavy (non-hydrogen) atoms. The Balaban J connectivity index is 4.68. The SMILES string of the molecule is CCCCC/C=C\C/C=C\CCCCCCCCN(CCCCCCCC/C=C\C/C=C\CCCCC)C(=O)CNC(=O)NCCCN(CCCN)CCCN(CCCN)CCCN. The first-order valence-corrected chi connectivity index (χ1v) is 27.0. The van der Waals surface area contributed by atoms with Gasteiger partial charge in [-0.2, -0.15) is 0 Å². The van der Waals surface area contributed by atoms with Crippen LogP contribution < -0.4 is 27.8 Å². The Morgan fingerprint density at radius 3 is 1.16 bits per heavy atom. The van der Waals surface area contributed by atoms with Crippen molar-refractivity contribution in [2.45, 2.75) is 200 Å². The third-order valence-corrected chi connectivity index (χ3v) is 11.9. The molecule has 3 amide bonds. The highest BCUT2D eigenvalue weighted by atomic mass is 16.2. The molecule has 0 aromatic rings. The van der Waals surface area contributed by atoms with Crippen LogP contribution in [0.5, 0.6) is 0 Å². The number of amides is 3. The maximum Gasteiger partial charge on any atom is 0.315 e. The molecule has 0 aliphatic rings. The summed E-state index contributed by atoms with van der Waals surface area (Å²) in [7, 11) is 0. The maximum atomic E-state index is 13.4. The molecule has 0 rings (SSSR count). The lowest BCUT2D eigenvalue weighted by Crippen LogP contribution is -2.44. The quantitative estimate of drug-likeness (QED) is 0.0302. The minimum atomic E-state index is -0.264. The highest BCUT2D eigenvalue weighted by Crippen LogP contribution is 2.12. The molecule has 374 valence electrons. The molecule has 0 radical (unpaired) electrons. The molecule has 0 aliphatic heterocycles. The molecule has 0 aromatic carbocycles. The van der Waals surface area contributed by atoms with Gasteiger partial charge in [0.1, 0.15) is 0 Å². The van der Waals surface area contributed by atoms with Gasteiger partial charge in [0.2, 0.25) is 5.91 Å². The molecular formula is C54H106N8O2. The van der Waals surface area contributed by atoms with E-state index in [1.165, 1.54) is 116 Å².